The van der Waals surface area contributed by atoms with E-state index in [0.29, 0.717) is 23.8 Å². The molecule has 0 radical (unpaired) electrons. The van der Waals surface area contributed by atoms with Gasteiger partial charge in [-0.15, -0.1) is 0 Å². The van der Waals surface area contributed by atoms with Crippen LogP contribution >= 0.6 is 0 Å². The third kappa shape index (κ3) is 5.47. The van der Waals surface area contributed by atoms with Gasteiger partial charge < -0.3 is 14.9 Å². The zero-order chi connectivity index (χ0) is 19.8. The number of rotatable bonds is 9. The van der Waals surface area contributed by atoms with Gasteiger partial charge in [0.25, 0.3) is 0 Å². The van der Waals surface area contributed by atoms with Gasteiger partial charge in [0.2, 0.25) is 17.6 Å². The monoisotopic (exact) mass is 380 g/mol. The molecule has 3 aromatic rings. The van der Waals surface area contributed by atoms with Crippen molar-refractivity contribution in [1.82, 2.24) is 20.4 Å². The van der Waals surface area contributed by atoms with Crippen LogP contribution in [-0.2, 0) is 16.0 Å². The summed E-state index contributed by atoms with van der Waals surface area (Å²) < 4.78 is 5.18. The molecule has 0 spiro atoms. The zero-order valence-corrected chi connectivity index (χ0v) is 15.1. The van der Waals surface area contributed by atoms with Gasteiger partial charge in [-0.25, -0.2) is 0 Å². The maximum atomic E-state index is 12.4. The number of aliphatic carboxylic acids is 1. The Morgan fingerprint density at radius 2 is 1.86 bits per heavy atom. The molecule has 28 heavy (non-hydrogen) atoms. The number of nitrogens with one attached hydrogen (secondary N) is 1. The van der Waals surface area contributed by atoms with Crippen molar-refractivity contribution in [2.24, 2.45) is 0 Å². The number of benzene rings is 1. The Kier molecular flexibility index (Phi) is 6.46. The molecule has 2 heterocycles. The minimum atomic E-state index is -0.900. The van der Waals surface area contributed by atoms with E-state index in [2.05, 4.69) is 20.4 Å². The summed E-state index contributed by atoms with van der Waals surface area (Å²) in [6, 6.07) is 14.3. The van der Waals surface area contributed by atoms with Crippen molar-refractivity contribution >= 4 is 11.9 Å². The van der Waals surface area contributed by atoms with E-state index in [-0.39, 0.29) is 31.2 Å². The number of carbonyl (C=O) groups excluding carboxylic acids is 1. The Hall–Kier alpha value is -3.55. The maximum Gasteiger partial charge on any atom is 0.303 e. The summed E-state index contributed by atoms with van der Waals surface area (Å²) in [6.07, 6.45) is 2.36. The van der Waals surface area contributed by atoms with E-state index in [1.54, 1.807) is 18.3 Å². The van der Waals surface area contributed by atoms with Crippen molar-refractivity contribution in [1.29, 1.82) is 0 Å². The van der Waals surface area contributed by atoms with Gasteiger partial charge in [-0.05, 0) is 24.1 Å². The van der Waals surface area contributed by atoms with Crippen LogP contribution in [0.2, 0.25) is 0 Å². The molecule has 1 amide bonds. The summed E-state index contributed by atoms with van der Waals surface area (Å²) >= 11 is 0. The van der Waals surface area contributed by atoms with E-state index in [0.717, 1.165) is 5.56 Å². The lowest BCUT2D eigenvalue weighted by atomic mass is 10.0. The molecular formula is C20H20N4O4. The molecule has 1 aromatic carbocycles. The number of nitrogens with zero attached hydrogens (tertiary/aromatic N) is 3. The predicted octanol–water partition coefficient (Wildman–Crippen LogP) is 2.79. The Morgan fingerprint density at radius 3 is 2.57 bits per heavy atom. The van der Waals surface area contributed by atoms with Crippen LogP contribution in [0.4, 0.5) is 0 Å². The molecule has 0 bridgehead atoms. The first kappa shape index (κ1) is 19.2. The minimum Gasteiger partial charge on any atom is -0.481 e. The van der Waals surface area contributed by atoms with Gasteiger partial charge in [0.15, 0.2) is 0 Å². The number of hydrogen-bond acceptors (Lipinski definition) is 6. The Balaban J connectivity index is 1.57. The van der Waals surface area contributed by atoms with E-state index >= 15 is 0 Å². The molecule has 0 aliphatic carbocycles. The number of pyridine rings is 1. The van der Waals surface area contributed by atoms with Crippen LogP contribution in [0.5, 0.6) is 0 Å². The molecule has 3 rings (SSSR count). The van der Waals surface area contributed by atoms with Crippen LogP contribution in [0.15, 0.2) is 59.3 Å². The van der Waals surface area contributed by atoms with Gasteiger partial charge in [0.05, 0.1) is 6.04 Å². The number of amides is 1. The second kappa shape index (κ2) is 9.40. The van der Waals surface area contributed by atoms with Crippen molar-refractivity contribution in [3.05, 3.63) is 66.2 Å². The van der Waals surface area contributed by atoms with Crippen LogP contribution in [0.3, 0.4) is 0 Å². The number of aryl methyl sites for hydroxylation is 1. The topological polar surface area (TPSA) is 118 Å². The highest BCUT2D eigenvalue weighted by Crippen LogP contribution is 2.19. The van der Waals surface area contributed by atoms with E-state index in [1.807, 2.05) is 36.4 Å². The maximum absolute atomic E-state index is 12.4. The van der Waals surface area contributed by atoms with Gasteiger partial charge in [0, 0.05) is 25.5 Å². The number of carbonyl (C=O) groups is 2. The smallest absolute Gasteiger partial charge is 0.303 e. The van der Waals surface area contributed by atoms with Gasteiger partial charge in [-0.2, -0.15) is 4.98 Å². The second-order valence-corrected chi connectivity index (χ2v) is 6.19. The second-order valence-electron chi connectivity index (χ2n) is 6.19. The summed E-state index contributed by atoms with van der Waals surface area (Å²) in [6.45, 7) is 0. The number of hydrogen-bond donors (Lipinski definition) is 2. The summed E-state index contributed by atoms with van der Waals surface area (Å²) in [5, 5.41) is 15.7. The quantitative estimate of drug-likeness (QED) is 0.586. The highest BCUT2D eigenvalue weighted by Gasteiger charge is 2.17. The SMILES string of the molecule is O=C(O)CCC(NC(=O)CCc1nc(-c2ccccn2)no1)c1ccccc1. The lowest BCUT2D eigenvalue weighted by molar-refractivity contribution is -0.137. The Labute approximate surface area is 161 Å². The fraction of sp³-hybridized carbons (Fsp3) is 0.250. The van der Waals surface area contributed by atoms with E-state index in [1.165, 1.54) is 0 Å². The molecule has 0 saturated heterocycles. The van der Waals surface area contributed by atoms with Crippen molar-refractivity contribution in [3.8, 4) is 11.5 Å². The molecule has 1 atom stereocenters. The average Bonchev–Trinajstić information content (AvgIpc) is 3.20. The zero-order valence-electron chi connectivity index (χ0n) is 15.1. The number of carboxylic acids is 1. The van der Waals surface area contributed by atoms with Crippen molar-refractivity contribution in [3.63, 3.8) is 0 Å². The van der Waals surface area contributed by atoms with E-state index in [9.17, 15) is 9.59 Å². The Morgan fingerprint density at radius 1 is 1.07 bits per heavy atom. The molecule has 0 fully saturated rings. The first-order chi connectivity index (χ1) is 13.6. The number of carboxylic acid groups (broad SMARTS) is 1. The van der Waals surface area contributed by atoms with Crippen molar-refractivity contribution in [2.75, 3.05) is 0 Å². The van der Waals surface area contributed by atoms with Gasteiger partial charge in [-0.3, -0.25) is 14.6 Å². The summed E-state index contributed by atoms with van der Waals surface area (Å²) in [7, 11) is 0. The molecule has 1 unspecified atom stereocenters. The summed E-state index contributed by atoms with van der Waals surface area (Å²) in [4.78, 5) is 31.7. The van der Waals surface area contributed by atoms with Crippen molar-refractivity contribution in [2.45, 2.75) is 31.7 Å². The van der Waals surface area contributed by atoms with Crippen LogP contribution in [0.1, 0.15) is 36.8 Å². The summed E-state index contributed by atoms with van der Waals surface area (Å²) in [5.74, 6) is -0.392. The summed E-state index contributed by atoms with van der Waals surface area (Å²) in [5.41, 5.74) is 1.46. The normalized spacial score (nSPS) is 11.7. The number of aromatic nitrogens is 3. The van der Waals surface area contributed by atoms with Crippen molar-refractivity contribution < 1.29 is 19.2 Å². The van der Waals surface area contributed by atoms with Gasteiger partial charge >= 0.3 is 5.97 Å². The molecule has 144 valence electrons. The minimum absolute atomic E-state index is 0.0308. The van der Waals surface area contributed by atoms with Crippen LogP contribution in [0, 0.1) is 0 Å². The Bertz CT molecular complexity index is 912. The molecule has 8 heteroatoms. The molecule has 0 saturated carbocycles. The van der Waals surface area contributed by atoms with Crippen LogP contribution < -0.4 is 5.32 Å². The molecule has 8 nitrogen and oxygen atoms in total. The highest BCUT2D eigenvalue weighted by molar-refractivity contribution is 5.76. The molecule has 2 N–H and O–H groups in total. The van der Waals surface area contributed by atoms with Crippen LogP contribution in [-0.4, -0.2) is 32.1 Å². The lowest BCUT2D eigenvalue weighted by Crippen LogP contribution is -2.29. The predicted molar refractivity (Wildman–Crippen MR) is 100 cm³/mol. The molecule has 0 aliphatic rings. The lowest BCUT2D eigenvalue weighted by Gasteiger charge is -2.18. The third-order valence-electron chi connectivity index (χ3n) is 4.11. The highest BCUT2D eigenvalue weighted by atomic mass is 16.5. The van der Waals surface area contributed by atoms with Gasteiger partial charge in [-0.1, -0.05) is 41.6 Å². The standard InChI is InChI=1S/C20H20N4O4/c25-17(22-15(9-12-19(26)27)14-6-2-1-3-7-14)10-11-18-23-20(24-28-18)16-8-4-5-13-21-16/h1-8,13,15H,9-12H2,(H,22,25)(H,26,27). The molecule has 2 aromatic heterocycles. The fourth-order valence-corrected chi connectivity index (χ4v) is 2.72. The van der Waals surface area contributed by atoms with Gasteiger partial charge in [0.1, 0.15) is 5.69 Å². The van der Waals surface area contributed by atoms with E-state index < -0.39 is 5.97 Å². The first-order valence-corrected chi connectivity index (χ1v) is 8.92. The first-order valence-electron chi connectivity index (χ1n) is 8.92. The fourth-order valence-electron chi connectivity index (χ4n) is 2.72. The molecular weight excluding hydrogens is 360 g/mol. The van der Waals surface area contributed by atoms with Crippen LogP contribution in [0.25, 0.3) is 11.5 Å². The largest absolute Gasteiger partial charge is 0.481 e. The van der Waals surface area contributed by atoms with E-state index in [4.69, 9.17) is 9.63 Å². The molecule has 0 aliphatic heterocycles. The third-order valence-corrected chi connectivity index (χ3v) is 4.11. The average molecular weight is 380 g/mol.